The molecule has 1 saturated heterocycles. The molecule has 0 aromatic carbocycles. The van der Waals surface area contributed by atoms with E-state index in [1.165, 1.54) is 0 Å². The fourth-order valence-corrected chi connectivity index (χ4v) is 2.14. The fraction of sp³-hybridized carbons (Fsp3) is 0.909. The Bertz CT molecular complexity index is 206. The molecule has 4 heteroatoms. The Morgan fingerprint density at radius 2 is 2.33 bits per heavy atom. The molecule has 0 spiro atoms. The molecular formula is C11H21NO3. The quantitative estimate of drug-likeness (QED) is 0.716. The summed E-state index contributed by atoms with van der Waals surface area (Å²) in [4.78, 5) is 12.8. The third kappa shape index (κ3) is 5.14. The second-order valence-electron chi connectivity index (χ2n) is 4.54. The summed E-state index contributed by atoms with van der Waals surface area (Å²) in [6, 6.07) is 0. The number of hydrogen-bond acceptors (Lipinski definition) is 3. The molecule has 1 fully saturated rings. The van der Waals surface area contributed by atoms with Gasteiger partial charge in [-0.05, 0) is 38.6 Å². The number of nitrogens with zero attached hydrogens (tertiary/aromatic N) is 1. The van der Waals surface area contributed by atoms with Crippen LogP contribution in [0.3, 0.4) is 0 Å². The van der Waals surface area contributed by atoms with Gasteiger partial charge in [0.05, 0.1) is 6.10 Å². The van der Waals surface area contributed by atoms with Crippen molar-refractivity contribution in [3.05, 3.63) is 0 Å². The lowest BCUT2D eigenvalue weighted by molar-refractivity contribution is -0.138. The number of aliphatic carboxylic acids is 1. The van der Waals surface area contributed by atoms with E-state index in [0.717, 1.165) is 38.9 Å². The van der Waals surface area contributed by atoms with Crippen molar-refractivity contribution >= 4 is 5.97 Å². The molecule has 1 aliphatic rings. The van der Waals surface area contributed by atoms with Gasteiger partial charge in [-0.1, -0.05) is 0 Å². The molecule has 1 rings (SSSR count). The standard InChI is InChI=1S/C11H21NO3/c1-9(13)4-6-12-5-2-3-10(8-12)7-11(14)15/h9-10,13H,2-8H2,1H3,(H,14,15). The van der Waals surface area contributed by atoms with Crippen molar-refractivity contribution in [1.29, 1.82) is 0 Å². The van der Waals surface area contributed by atoms with E-state index in [2.05, 4.69) is 4.90 Å². The first-order valence-corrected chi connectivity index (χ1v) is 5.70. The summed E-state index contributed by atoms with van der Waals surface area (Å²) < 4.78 is 0. The van der Waals surface area contributed by atoms with Gasteiger partial charge in [0.15, 0.2) is 0 Å². The number of carbonyl (C=O) groups is 1. The SMILES string of the molecule is CC(O)CCN1CCCC(CC(=O)O)C1. The average Bonchev–Trinajstić information content (AvgIpc) is 2.14. The Labute approximate surface area is 90.9 Å². The third-order valence-electron chi connectivity index (χ3n) is 2.93. The molecule has 2 unspecified atom stereocenters. The second kappa shape index (κ2) is 6.08. The maximum Gasteiger partial charge on any atom is 0.303 e. The summed E-state index contributed by atoms with van der Waals surface area (Å²) in [7, 11) is 0. The van der Waals surface area contributed by atoms with Crippen molar-refractivity contribution in [1.82, 2.24) is 4.90 Å². The summed E-state index contributed by atoms with van der Waals surface area (Å²) >= 11 is 0. The van der Waals surface area contributed by atoms with E-state index >= 15 is 0 Å². The van der Waals surface area contributed by atoms with Crippen LogP contribution in [0.2, 0.25) is 0 Å². The molecule has 0 aliphatic carbocycles. The van der Waals surface area contributed by atoms with Crippen LogP contribution in [-0.2, 0) is 4.79 Å². The number of aliphatic hydroxyl groups is 1. The highest BCUT2D eigenvalue weighted by atomic mass is 16.4. The zero-order chi connectivity index (χ0) is 11.3. The first-order chi connectivity index (χ1) is 7.08. The maximum atomic E-state index is 10.6. The molecule has 0 aromatic heterocycles. The normalized spacial score (nSPS) is 25.1. The number of piperidine rings is 1. The molecule has 0 bridgehead atoms. The zero-order valence-corrected chi connectivity index (χ0v) is 9.35. The molecule has 0 amide bonds. The zero-order valence-electron chi connectivity index (χ0n) is 9.35. The van der Waals surface area contributed by atoms with Crippen molar-refractivity contribution in [2.24, 2.45) is 5.92 Å². The van der Waals surface area contributed by atoms with Crippen LogP contribution in [0.4, 0.5) is 0 Å². The lowest BCUT2D eigenvalue weighted by Crippen LogP contribution is -2.37. The summed E-state index contributed by atoms with van der Waals surface area (Å²) in [5.74, 6) is -0.400. The van der Waals surface area contributed by atoms with Gasteiger partial charge in [-0.15, -0.1) is 0 Å². The summed E-state index contributed by atoms with van der Waals surface area (Å²) in [5, 5.41) is 17.9. The van der Waals surface area contributed by atoms with Crippen LogP contribution in [0.25, 0.3) is 0 Å². The van der Waals surface area contributed by atoms with Gasteiger partial charge in [0, 0.05) is 19.5 Å². The highest BCUT2D eigenvalue weighted by Gasteiger charge is 2.21. The highest BCUT2D eigenvalue weighted by Crippen LogP contribution is 2.19. The van der Waals surface area contributed by atoms with Gasteiger partial charge < -0.3 is 15.1 Å². The van der Waals surface area contributed by atoms with E-state index in [9.17, 15) is 9.90 Å². The monoisotopic (exact) mass is 215 g/mol. The predicted molar refractivity (Wildman–Crippen MR) is 57.7 cm³/mol. The molecule has 2 N–H and O–H groups in total. The number of hydrogen-bond donors (Lipinski definition) is 2. The minimum atomic E-state index is -0.697. The molecule has 88 valence electrons. The van der Waals surface area contributed by atoms with Gasteiger partial charge in [0.2, 0.25) is 0 Å². The molecule has 1 aliphatic heterocycles. The molecule has 1 heterocycles. The van der Waals surface area contributed by atoms with Crippen molar-refractivity contribution in [2.75, 3.05) is 19.6 Å². The van der Waals surface area contributed by atoms with E-state index in [-0.39, 0.29) is 12.5 Å². The van der Waals surface area contributed by atoms with Gasteiger partial charge in [0.25, 0.3) is 0 Å². The van der Waals surface area contributed by atoms with Crippen LogP contribution in [0.1, 0.15) is 32.6 Å². The van der Waals surface area contributed by atoms with Crippen molar-refractivity contribution < 1.29 is 15.0 Å². The molecular weight excluding hydrogens is 194 g/mol. The smallest absolute Gasteiger partial charge is 0.303 e. The van der Waals surface area contributed by atoms with E-state index in [0.29, 0.717) is 5.92 Å². The van der Waals surface area contributed by atoms with E-state index < -0.39 is 5.97 Å². The second-order valence-corrected chi connectivity index (χ2v) is 4.54. The van der Waals surface area contributed by atoms with Crippen LogP contribution < -0.4 is 0 Å². The largest absolute Gasteiger partial charge is 0.481 e. The van der Waals surface area contributed by atoms with Crippen LogP contribution >= 0.6 is 0 Å². The third-order valence-corrected chi connectivity index (χ3v) is 2.93. The van der Waals surface area contributed by atoms with E-state index in [4.69, 9.17) is 5.11 Å². The lowest BCUT2D eigenvalue weighted by Gasteiger charge is -2.32. The summed E-state index contributed by atoms with van der Waals surface area (Å²) in [6.07, 6.45) is 2.91. The van der Waals surface area contributed by atoms with Crippen LogP contribution in [0.5, 0.6) is 0 Å². The van der Waals surface area contributed by atoms with Gasteiger partial charge in [-0.25, -0.2) is 0 Å². The van der Waals surface area contributed by atoms with E-state index in [1.807, 2.05) is 0 Å². The molecule has 15 heavy (non-hydrogen) atoms. The molecule has 2 atom stereocenters. The highest BCUT2D eigenvalue weighted by molar-refractivity contribution is 5.67. The Balaban J connectivity index is 2.25. The van der Waals surface area contributed by atoms with Gasteiger partial charge in [-0.3, -0.25) is 4.79 Å². The maximum absolute atomic E-state index is 10.6. The summed E-state index contributed by atoms with van der Waals surface area (Å²) in [6.45, 7) is 4.59. The van der Waals surface area contributed by atoms with Crippen molar-refractivity contribution in [3.63, 3.8) is 0 Å². The lowest BCUT2D eigenvalue weighted by atomic mass is 9.95. The molecule has 0 radical (unpaired) electrons. The number of carboxylic acid groups (broad SMARTS) is 1. The number of aliphatic hydroxyl groups excluding tert-OH is 1. The molecule has 0 saturated carbocycles. The average molecular weight is 215 g/mol. The van der Waals surface area contributed by atoms with E-state index in [1.54, 1.807) is 6.92 Å². The van der Waals surface area contributed by atoms with Crippen LogP contribution in [0.15, 0.2) is 0 Å². The minimum absolute atomic E-state index is 0.259. The number of likely N-dealkylation sites (tertiary alicyclic amines) is 1. The Hall–Kier alpha value is -0.610. The van der Waals surface area contributed by atoms with Crippen molar-refractivity contribution in [3.8, 4) is 0 Å². The minimum Gasteiger partial charge on any atom is -0.481 e. The molecule has 4 nitrogen and oxygen atoms in total. The number of carboxylic acids is 1. The van der Waals surface area contributed by atoms with Gasteiger partial charge >= 0.3 is 5.97 Å². The Morgan fingerprint density at radius 1 is 1.60 bits per heavy atom. The summed E-state index contributed by atoms with van der Waals surface area (Å²) in [5.41, 5.74) is 0. The van der Waals surface area contributed by atoms with Crippen LogP contribution in [0, 0.1) is 5.92 Å². The number of rotatable bonds is 5. The first kappa shape index (κ1) is 12.5. The van der Waals surface area contributed by atoms with Crippen LogP contribution in [-0.4, -0.2) is 46.8 Å². The van der Waals surface area contributed by atoms with Gasteiger partial charge in [-0.2, -0.15) is 0 Å². The van der Waals surface area contributed by atoms with Crippen molar-refractivity contribution in [2.45, 2.75) is 38.7 Å². The Morgan fingerprint density at radius 3 is 2.93 bits per heavy atom. The molecule has 0 aromatic rings. The predicted octanol–water partition coefficient (Wildman–Crippen LogP) is 0.944. The first-order valence-electron chi connectivity index (χ1n) is 5.70. The fourth-order valence-electron chi connectivity index (χ4n) is 2.14. The Kier molecular flexibility index (Phi) is 5.05. The van der Waals surface area contributed by atoms with Gasteiger partial charge in [0.1, 0.15) is 0 Å². The topological polar surface area (TPSA) is 60.8 Å².